The highest BCUT2D eigenvalue weighted by atomic mass is 19.1. The third kappa shape index (κ3) is 3.23. The summed E-state index contributed by atoms with van der Waals surface area (Å²) in [7, 11) is 0. The zero-order chi connectivity index (χ0) is 19.7. The van der Waals surface area contributed by atoms with Gasteiger partial charge in [-0.3, -0.25) is 0 Å². The van der Waals surface area contributed by atoms with E-state index in [-0.39, 0.29) is 42.7 Å². The number of hydrogen-bond donors (Lipinski definition) is 1. The summed E-state index contributed by atoms with van der Waals surface area (Å²) in [5, 5.41) is 20.3. The predicted octanol–water partition coefficient (Wildman–Crippen LogP) is 3.85. The van der Waals surface area contributed by atoms with Crippen molar-refractivity contribution in [2.75, 3.05) is 0 Å². The van der Waals surface area contributed by atoms with Crippen LogP contribution in [0.25, 0.3) is 0 Å². The molecular weight excluding hydrogens is 359 g/mol. The van der Waals surface area contributed by atoms with Crippen LogP contribution < -0.4 is 0 Å². The van der Waals surface area contributed by atoms with E-state index in [0.717, 1.165) is 18.4 Å². The van der Waals surface area contributed by atoms with Crippen LogP contribution >= 0.6 is 0 Å². The number of halogens is 1. The molecule has 2 atom stereocenters. The summed E-state index contributed by atoms with van der Waals surface area (Å²) in [6.07, 6.45) is 1.55. The van der Waals surface area contributed by atoms with Crippen LogP contribution in [0.5, 0.6) is 0 Å². The van der Waals surface area contributed by atoms with Crippen molar-refractivity contribution in [3.63, 3.8) is 0 Å². The Bertz CT molecular complexity index is 911. The second-order valence-electron chi connectivity index (χ2n) is 7.55. The molecule has 2 aromatic rings. The van der Waals surface area contributed by atoms with Crippen LogP contribution in [0.3, 0.4) is 0 Å². The zero-order valence-electron chi connectivity index (χ0n) is 15.3. The predicted molar refractivity (Wildman–Crippen MR) is 99.5 cm³/mol. The molecule has 144 valence electrons. The van der Waals surface area contributed by atoms with Crippen LogP contribution in [0, 0.1) is 17.1 Å². The average Bonchev–Trinajstić information content (AvgIpc) is 2.99. The minimum atomic E-state index is -1.39. The van der Waals surface area contributed by atoms with Crippen molar-refractivity contribution < 1.29 is 19.0 Å². The molecule has 28 heavy (non-hydrogen) atoms. The molecule has 4 rings (SSSR count). The Balaban J connectivity index is 1.50. The Morgan fingerprint density at radius 1 is 1.18 bits per heavy atom. The van der Waals surface area contributed by atoms with Gasteiger partial charge in [-0.1, -0.05) is 42.5 Å². The fourth-order valence-corrected chi connectivity index (χ4v) is 4.51. The number of carbonyl (C=O) groups excluding carboxylic acids is 1. The number of ether oxygens (including phenoxy) is 1. The smallest absolute Gasteiger partial charge is 0.410 e. The number of nitrogens with zero attached hydrogens (tertiary/aromatic N) is 2. The number of piperidine rings is 1. The van der Waals surface area contributed by atoms with Crippen LogP contribution in [-0.4, -0.2) is 28.2 Å². The lowest BCUT2D eigenvalue weighted by Gasteiger charge is -2.43. The van der Waals surface area contributed by atoms with E-state index in [2.05, 4.69) is 0 Å². The van der Waals surface area contributed by atoms with Gasteiger partial charge in [-0.15, -0.1) is 0 Å². The second-order valence-corrected chi connectivity index (χ2v) is 7.55. The first-order valence-electron chi connectivity index (χ1n) is 9.42. The molecule has 0 aromatic heterocycles. The fraction of sp³-hybridized carbons (Fsp3) is 0.364. The summed E-state index contributed by atoms with van der Waals surface area (Å²) in [5.41, 5.74) is -0.422. The summed E-state index contributed by atoms with van der Waals surface area (Å²) in [4.78, 5) is 14.3. The van der Waals surface area contributed by atoms with Gasteiger partial charge in [0.15, 0.2) is 0 Å². The zero-order valence-corrected chi connectivity index (χ0v) is 15.3. The molecule has 6 heteroatoms. The van der Waals surface area contributed by atoms with Gasteiger partial charge in [-0.2, -0.15) is 5.26 Å². The van der Waals surface area contributed by atoms with Crippen LogP contribution in [-0.2, 0) is 16.9 Å². The molecule has 2 aliphatic heterocycles. The first-order valence-corrected chi connectivity index (χ1v) is 9.42. The molecule has 2 aromatic carbocycles. The van der Waals surface area contributed by atoms with E-state index in [1.165, 1.54) is 12.1 Å². The average molecular weight is 380 g/mol. The van der Waals surface area contributed by atoms with Gasteiger partial charge in [0.1, 0.15) is 18.5 Å². The summed E-state index contributed by atoms with van der Waals surface area (Å²) in [5.74, 6) is -0.674. The molecule has 2 saturated heterocycles. The fourth-order valence-electron chi connectivity index (χ4n) is 4.51. The first-order chi connectivity index (χ1) is 13.5. The molecular formula is C22H21FN2O3. The van der Waals surface area contributed by atoms with Gasteiger partial charge in [0.2, 0.25) is 0 Å². The molecule has 2 fully saturated rings. The van der Waals surface area contributed by atoms with E-state index in [9.17, 15) is 14.3 Å². The normalized spacial score (nSPS) is 26.0. The van der Waals surface area contributed by atoms with Crippen molar-refractivity contribution in [1.82, 2.24) is 4.90 Å². The van der Waals surface area contributed by atoms with Crippen LogP contribution in [0.4, 0.5) is 9.18 Å². The maximum absolute atomic E-state index is 14.7. The lowest BCUT2D eigenvalue weighted by Crippen LogP contribution is -2.52. The largest absolute Gasteiger partial charge is 0.445 e. The Morgan fingerprint density at radius 2 is 1.86 bits per heavy atom. The Labute approximate surface area is 163 Å². The van der Waals surface area contributed by atoms with E-state index < -0.39 is 17.5 Å². The van der Waals surface area contributed by atoms with Crippen molar-refractivity contribution in [3.05, 3.63) is 71.0 Å². The topological polar surface area (TPSA) is 73.6 Å². The summed E-state index contributed by atoms with van der Waals surface area (Å²) >= 11 is 0. The Hall–Kier alpha value is -2.91. The van der Waals surface area contributed by atoms with Gasteiger partial charge in [0, 0.05) is 30.5 Å². The lowest BCUT2D eigenvalue weighted by atomic mass is 9.80. The molecule has 2 bridgehead atoms. The highest BCUT2D eigenvalue weighted by Crippen LogP contribution is 2.46. The number of benzene rings is 2. The van der Waals surface area contributed by atoms with Gasteiger partial charge in [0.25, 0.3) is 0 Å². The molecule has 1 N–H and O–H groups in total. The maximum atomic E-state index is 14.7. The number of hydrogen-bond acceptors (Lipinski definition) is 4. The molecule has 2 unspecified atom stereocenters. The summed E-state index contributed by atoms with van der Waals surface area (Å²) in [6, 6.07) is 15.4. The van der Waals surface area contributed by atoms with E-state index in [0.29, 0.717) is 0 Å². The number of carbonyl (C=O) groups is 1. The van der Waals surface area contributed by atoms with E-state index in [4.69, 9.17) is 10.00 Å². The lowest BCUT2D eigenvalue weighted by molar-refractivity contribution is -0.0556. The van der Waals surface area contributed by atoms with Gasteiger partial charge in [-0.25, -0.2) is 9.18 Å². The van der Waals surface area contributed by atoms with Crippen molar-refractivity contribution in [1.29, 1.82) is 5.26 Å². The summed E-state index contributed by atoms with van der Waals surface area (Å²) in [6.45, 7) is 0.193. The van der Waals surface area contributed by atoms with Crippen molar-refractivity contribution in [2.45, 2.75) is 50.0 Å². The third-order valence-corrected chi connectivity index (χ3v) is 5.80. The summed E-state index contributed by atoms with van der Waals surface area (Å²) < 4.78 is 20.1. The quantitative estimate of drug-likeness (QED) is 0.878. The van der Waals surface area contributed by atoms with Crippen molar-refractivity contribution in [3.8, 4) is 6.07 Å². The number of nitriles is 1. The number of fused-ring (bicyclic) bond motifs is 2. The minimum Gasteiger partial charge on any atom is -0.445 e. The maximum Gasteiger partial charge on any atom is 0.410 e. The van der Waals surface area contributed by atoms with Gasteiger partial charge < -0.3 is 14.7 Å². The molecule has 0 aliphatic carbocycles. The SMILES string of the molecule is N#Cc1cccc(C2(O)CC3CCC(C2)N3C(=O)OCc2ccccc2)c1F. The number of amides is 1. The van der Waals surface area contributed by atoms with Crippen molar-refractivity contribution in [2.24, 2.45) is 0 Å². The van der Waals surface area contributed by atoms with Gasteiger partial charge >= 0.3 is 6.09 Å². The van der Waals surface area contributed by atoms with E-state index in [1.807, 2.05) is 36.4 Å². The first kappa shape index (κ1) is 18.5. The highest BCUT2D eigenvalue weighted by molar-refractivity contribution is 5.69. The number of rotatable bonds is 3. The molecule has 0 spiro atoms. The molecule has 0 radical (unpaired) electrons. The monoisotopic (exact) mass is 380 g/mol. The molecule has 2 aliphatic rings. The van der Waals surface area contributed by atoms with E-state index in [1.54, 1.807) is 11.0 Å². The van der Waals surface area contributed by atoms with Gasteiger partial charge in [0.05, 0.1) is 11.2 Å². The molecule has 5 nitrogen and oxygen atoms in total. The molecule has 2 heterocycles. The second kappa shape index (κ2) is 7.25. The Morgan fingerprint density at radius 3 is 2.50 bits per heavy atom. The third-order valence-electron chi connectivity index (χ3n) is 5.80. The van der Waals surface area contributed by atoms with Gasteiger partial charge in [-0.05, 0) is 24.5 Å². The molecule has 0 saturated carbocycles. The van der Waals surface area contributed by atoms with Crippen LogP contribution in [0.1, 0.15) is 42.4 Å². The van der Waals surface area contributed by atoms with Crippen LogP contribution in [0.2, 0.25) is 0 Å². The van der Waals surface area contributed by atoms with Crippen molar-refractivity contribution >= 4 is 6.09 Å². The Kier molecular flexibility index (Phi) is 4.78. The number of aliphatic hydroxyl groups is 1. The standard InChI is InChI=1S/C22H21FN2O3/c23-20-16(13-24)7-4-8-19(20)22(27)11-17-9-10-18(12-22)25(17)21(26)28-14-15-5-2-1-3-6-15/h1-8,17-18,27H,9-12,14H2. The van der Waals surface area contributed by atoms with Crippen LogP contribution in [0.15, 0.2) is 48.5 Å². The highest BCUT2D eigenvalue weighted by Gasteiger charge is 2.51. The minimum absolute atomic E-state index is 0.0806. The molecule has 1 amide bonds. The van der Waals surface area contributed by atoms with E-state index >= 15 is 0 Å².